The van der Waals surface area contributed by atoms with Gasteiger partial charge in [0.05, 0.1) is 5.92 Å². The first-order chi connectivity index (χ1) is 17.6. The fourth-order valence-corrected chi connectivity index (χ4v) is 5.03. The van der Waals surface area contributed by atoms with Crippen LogP contribution in [0.5, 0.6) is 0 Å². The van der Waals surface area contributed by atoms with Crippen molar-refractivity contribution in [2.45, 2.75) is 56.8 Å². The van der Waals surface area contributed by atoms with Gasteiger partial charge in [0.2, 0.25) is 11.9 Å². The highest BCUT2D eigenvalue weighted by molar-refractivity contribution is 6.12. The number of β-lactam (4-membered cyclic amide) rings is 1. The van der Waals surface area contributed by atoms with Crippen molar-refractivity contribution >= 4 is 29.6 Å². The van der Waals surface area contributed by atoms with Gasteiger partial charge in [-0.05, 0) is 48.9 Å². The van der Waals surface area contributed by atoms with Crippen molar-refractivity contribution in [1.82, 2.24) is 25.2 Å². The van der Waals surface area contributed by atoms with E-state index in [1.807, 2.05) is 5.32 Å². The van der Waals surface area contributed by atoms with Crippen LogP contribution in [0, 0.1) is 11.8 Å². The van der Waals surface area contributed by atoms with E-state index in [2.05, 4.69) is 15.0 Å². The molecule has 0 bridgehead atoms. The minimum Gasteiger partial charge on any atom is -0.384 e. The zero-order valence-electron chi connectivity index (χ0n) is 20.2. The summed E-state index contributed by atoms with van der Waals surface area (Å²) in [4.78, 5) is 53.3. The largest absolute Gasteiger partial charge is 0.408 e. The summed E-state index contributed by atoms with van der Waals surface area (Å²) in [6.45, 7) is 0. The Balaban J connectivity index is 1.60. The summed E-state index contributed by atoms with van der Waals surface area (Å²) in [5, 5.41) is 2.03. The predicted octanol–water partition coefficient (Wildman–Crippen LogP) is 2.71. The molecule has 1 saturated heterocycles. The van der Waals surface area contributed by atoms with Crippen LogP contribution in [0.3, 0.4) is 0 Å². The molecular formula is C24H28F3N7O3. The topological polar surface area (TPSA) is 134 Å². The lowest BCUT2D eigenvalue weighted by molar-refractivity contribution is -0.170. The Morgan fingerprint density at radius 2 is 1.84 bits per heavy atom. The first-order valence-electron chi connectivity index (χ1n) is 12.0. The number of carbonyl (C=O) groups is 3. The number of pyridine rings is 1. The monoisotopic (exact) mass is 519 g/mol. The maximum Gasteiger partial charge on any atom is 0.408 e. The molecule has 3 heterocycles. The van der Waals surface area contributed by atoms with Crippen LogP contribution in [-0.4, -0.2) is 63.0 Å². The smallest absolute Gasteiger partial charge is 0.384 e. The van der Waals surface area contributed by atoms with Crippen molar-refractivity contribution in [2.75, 3.05) is 17.7 Å². The van der Waals surface area contributed by atoms with Gasteiger partial charge in [-0.25, -0.2) is 19.7 Å². The molecular weight excluding hydrogens is 491 g/mol. The summed E-state index contributed by atoms with van der Waals surface area (Å²) in [6, 6.07) is -0.0170. The summed E-state index contributed by atoms with van der Waals surface area (Å²) in [5.41, 5.74) is 6.32. The molecule has 198 valence electrons. The number of hydrogen-bond acceptors (Lipinski definition) is 7. The van der Waals surface area contributed by atoms with Crippen molar-refractivity contribution in [1.29, 1.82) is 0 Å². The summed E-state index contributed by atoms with van der Waals surface area (Å²) < 4.78 is 41.8. The van der Waals surface area contributed by atoms with Crippen LogP contribution in [0.25, 0.3) is 0 Å². The number of nitrogen functional groups attached to an aromatic ring is 1. The van der Waals surface area contributed by atoms with Gasteiger partial charge in [-0.2, -0.15) is 13.2 Å². The molecule has 2 aliphatic rings. The number of alkyl halides is 3. The number of rotatable bonds is 6. The van der Waals surface area contributed by atoms with E-state index in [1.165, 1.54) is 31.7 Å². The second-order valence-electron chi connectivity index (χ2n) is 9.37. The molecule has 10 nitrogen and oxygen atoms in total. The number of aromatic nitrogens is 3. The number of anilines is 2. The molecule has 4 rings (SSSR count). The van der Waals surface area contributed by atoms with Gasteiger partial charge in [0.1, 0.15) is 17.9 Å². The Morgan fingerprint density at radius 1 is 1.16 bits per heavy atom. The number of nitrogens with two attached hydrogens (primary N) is 1. The lowest BCUT2D eigenvalue weighted by Crippen LogP contribution is -2.71. The number of imide groups is 1. The third-order valence-corrected chi connectivity index (χ3v) is 6.92. The Bertz CT molecular complexity index is 1140. The van der Waals surface area contributed by atoms with Crippen molar-refractivity contribution in [2.24, 2.45) is 11.8 Å². The Hall–Kier alpha value is -3.77. The van der Waals surface area contributed by atoms with E-state index in [9.17, 15) is 27.6 Å². The van der Waals surface area contributed by atoms with Crippen molar-refractivity contribution in [3.63, 3.8) is 0 Å². The van der Waals surface area contributed by atoms with E-state index < -0.39 is 47.9 Å². The first-order valence-corrected chi connectivity index (χ1v) is 12.0. The molecule has 3 N–H and O–H groups in total. The van der Waals surface area contributed by atoms with E-state index in [1.54, 1.807) is 12.1 Å². The van der Waals surface area contributed by atoms with Gasteiger partial charge in [-0.1, -0.05) is 19.3 Å². The Labute approximate surface area is 211 Å². The lowest BCUT2D eigenvalue weighted by Gasteiger charge is -2.46. The highest BCUT2D eigenvalue weighted by Gasteiger charge is 2.57. The van der Waals surface area contributed by atoms with Crippen LogP contribution >= 0.6 is 0 Å². The van der Waals surface area contributed by atoms with Gasteiger partial charge in [0.15, 0.2) is 0 Å². The van der Waals surface area contributed by atoms with Crippen LogP contribution in [0.15, 0.2) is 36.8 Å². The number of carbonyl (C=O) groups excluding carboxylic acids is 3. The summed E-state index contributed by atoms with van der Waals surface area (Å²) in [7, 11) is 1.37. The number of amides is 4. The van der Waals surface area contributed by atoms with Crippen LogP contribution in [0.2, 0.25) is 0 Å². The number of likely N-dealkylation sites (N-methyl/N-ethyl adjacent to an activating group) is 1. The van der Waals surface area contributed by atoms with Crippen molar-refractivity contribution < 1.29 is 27.6 Å². The van der Waals surface area contributed by atoms with E-state index in [-0.39, 0.29) is 18.2 Å². The van der Waals surface area contributed by atoms with E-state index in [4.69, 9.17) is 5.73 Å². The molecule has 2 aromatic rings. The average Bonchev–Trinajstić information content (AvgIpc) is 2.88. The maximum atomic E-state index is 13.9. The van der Waals surface area contributed by atoms with Gasteiger partial charge in [-0.3, -0.25) is 19.4 Å². The van der Waals surface area contributed by atoms with Crippen LogP contribution < -0.4 is 16.0 Å². The molecule has 4 amide bonds. The number of urea groups is 1. The molecule has 13 heteroatoms. The molecule has 2 aromatic heterocycles. The zero-order valence-corrected chi connectivity index (χ0v) is 20.2. The molecule has 0 radical (unpaired) electrons. The molecule has 1 aliphatic heterocycles. The number of likely N-dealkylation sites (tertiary alicyclic amines) is 1. The van der Waals surface area contributed by atoms with E-state index in [0.29, 0.717) is 36.1 Å². The number of nitrogens with one attached hydrogen (secondary N) is 1. The zero-order chi connectivity index (χ0) is 26.7. The van der Waals surface area contributed by atoms with Crippen LogP contribution in [0.1, 0.15) is 37.7 Å². The lowest BCUT2D eigenvalue weighted by atomic mass is 9.81. The Morgan fingerprint density at radius 3 is 2.46 bits per heavy atom. The normalized spacial score (nSPS) is 21.2. The SMILES string of the molecule is CN(C(=O)[C@@H]1[C@@H](Cc2ccnc(N)c2)C(=O)N1C(=O)NC(C1CCCCC1)C(F)(F)F)c1ncccn1. The fourth-order valence-electron chi connectivity index (χ4n) is 5.03. The Kier molecular flexibility index (Phi) is 7.60. The minimum atomic E-state index is -4.70. The van der Waals surface area contributed by atoms with Crippen molar-refractivity contribution in [3.05, 3.63) is 42.4 Å². The van der Waals surface area contributed by atoms with Gasteiger partial charge < -0.3 is 11.1 Å². The van der Waals surface area contributed by atoms with Crippen LogP contribution in [-0.2, 0) is 16.0 Å². The molecule has 1 saturated carbocycles. The van der Waals surface area contributed by atoms with E-state index in [0.717, 1.165) is 11.3 Å². The molecule has 3 atom stereocenters. The van der Waals surface area contributed by atoms with Gasteiger partial charge in [-0.15, -0.1) is 0 Å². The third-order valence-electron chi connectivity index (χ3n) is 6.92. The fraction of sp³-hybridized carbons (Fsp3) is 0.500. The highest BCUT2D eigenvalue weighted by atomic mass is 19.4. The number of halogens is 3. The van der Waals surface area contributed by atoms with Gasteiger partial charge in [0.25, 0.3) is 5.91 Å². The van der Waals surface area contributed by atoms with Crippen molar-refractivity contribution in [3.8, 4) is 0 Å². The highest BCUT2D eigenvalue weighted by Crippen LogP contribution is 2.36. The summed E-state index contributed by atoms with van der Waals surface area (Å²) >= 11 is 0. The van der Waals surface area contributed by atoms with Crippen LogP contribution in [0.4, 0.5) is 29.7 Å². The third kappa shape index (κ3) is 5.65. The first kappa shape index (κ1) is 26.3. The molecule has 37 heavy (non-hydrogen) atoms. The second kappa shape index (κ2) is 10.7. The summed E-state index contributed by atoms with van der Waals surface area (Å²) in [6.07, 6.45) is 2.36. The molecule has 1 unspecified atom stereocenters. The molecule has 0 spiro atoms. The molecule has 0 aromatic carbocycles. The second-order valence-corrected chi connectivity index (χ2v) is 9.37. The average molecular weight is 520 g/mol. The number of nitrogens with zero attached hydrogens (tertiary/aromatic N) is 5. The molecule has 1 aliphatic carbocycles. The minimum absolute atomic E-state index is 0.0227. The molecule has 2 fully saturated rings. The van der Waals surface area contributed by atoms with E-state index >= 15 is 0 Å². The quantitative estimate of drug-likeness (QED) is 0.561. The maximum absolute atomic E-state index is 13.9. The predicted molar refractivity (Wildman–Crippen MR) is 127 cm³/mol. The summed E-state index contributed by atoms with van der Waals surface area (Å²) in [5.74, 6) is -3.01. The standard InChI is InChI=1S/C24H28F3N7O3/c1-33(22-30-9-5-10-31-22)21(36)18-16(12-14-8-11-29-17(28)13-14)20(35)34(18)23(37)32-19(24(25,26)27)15-6-3-2-4-7-15/h5,8-11,13,15-16,18-19H,2-4,6-7,12H2,1H3,(H2,28,29)(H,32,37)/t16-,18+,19?/m1/s1. The number of hydrogen-bond donors (Lipinski definition) is 2. The van der Waals surface area contributed by atoms with Gasteiger partial charge in [0, 0.05) is 25.6 Å². The van der Waals surface area contributed by atoms with Gasteiger partial charge >= 0.3 is 12.2 Å².